The quantitative estimate of drug-likeness (QED) is 0.170. The number of nitrogens with zero attached hydrogens (tertiary/aromatic N) is 2. The summed E-state index contributed by atoms with van der Waals surface area (Å²) in [6.45, 7) is 7.95. The Morgan fingerprint density at radius 2 is 1.44 bits per heavy atom. The fraction of sp³-hybridized carbons (Fsp3) is 0.278. The molecule has 7 nitrogen and oxygen atoms in total. The first-order chi connectivity index (χ1) is 21.4. The minimum absolute atomic E-state index is 0.0737. The molecule has 236 valence electrons. The van der Waals surface area contributed by atoms with E-state index in [2.05, 4.69) is 21.2 Å². The molecule has 2 amide bonds. The molecular weight excluding hydrogens is 650 g/mol. The molecule has 9 heteroatoms. The third kappa shape index (κ3) is 9.28. The number of carbonyl (C=O) groups excluding carboxylic acids is 2. The van der Waals surface area contributed by atoms with E-state index in [0.29, 0.717) is 12.2 Å². The monoisotopic (exact) mass is 689 g/mol. The molecule has 0 saturated heterocycles. The Bertz CT molecular complexity index is 1690. The van der Waals surface area contributed by atoms with Crippen LogP contribution >= 0.6 is 15.9 Å². The number of anilines is 1. The van der Waals surface area contributed by atoms with E-state index in [-0.39, 0.29) is 29.7 Å². The van der Waals surface area contributed by atoms with Crippen LogP contribution in [-0.2, 0) is 32.6 Å². The van der Waals surface area contributed by atoms with Crippen molar-refractivity contribution in [1.29, 1.82) is 0 Å². The Hall–Kier alpha value is -3.95. The van der Waals surface area contributed by atoms with E-state index in [0.717, 1.165) is 31.0 Å². The number of hydrogen-bond acceptors (Lipinski definition) is 4. The van der Waals surface area contributed by atoms with Gasteiger partial charge >= 0.3 is 0 Å². The van der Waals surface area contributed by atoms with Gasteiger partial charge in [-0.05, 0) is 67.3 Å². The Balaban J connectivity index is 1.79. The fourth-order valence-corrected chi connectivity index (χ4v) is 6.64. The summed E-state index contributed by atoms with van der Waals surface area (Å²) in [6, 6.07) is 29.8. The van der Waals surface area contributed by atoms with Gasteiger partial charge in [0.25, 0.3) is 10.0 Å². The lowest BCUT2D eigenvalue weighted by Crippen LogP contribution is -2.53. The van der Waals surface area contributed by atoms with Gasteiger partial charge in [-0.25, -0.2) is 8.42 Å². The molecule has 0 heterocycles. The molecule has 0 unspecified atom stereocenters. The molecule has 4 aromatic carbocycles. The standard InChI is InChI=1S/C36H40BrN3O4S/c1-26(2)23-38-36(42)34(22-29-10-6-5-7-11-29)39(24-30-12-8-9-28(4)21-30)35(41)25-40(32-17-15-31(37)16-18-32)45(43,44)33-19-13-27(3)14-20-33/h5-21,26,34H,22-25H2,1-4H3,(H,38,42)/t34-/m0/s1. The molecule has 0 aliphatic rings. The highest BCUT2D eigenvalue weighted by atomic mass is 79.9. The van der Waals surface area contributed by atoms with Crippen LogP contribution in [0.2, 0.25) is 0 Å². The summed E-state index contributed by atoms with van der Waals surface area (Å²) < 4.78 is 30.2. The SMILES string of the molecule is Cc1ccc(S(=O)(=O)N(CC(=O)N(Cc2cccc(C)c2)[C@@H](Cc2ccccc2)C(=O)NCC(C)C)c2ccc(Br)cc2)cc1. The lowest BCUT2D eigenvalue weighted by Gasteiger charge is -2.34. The highest BCUT2D eigenvalue weighted by molar-refractivity contribution is 9.10. The summed E-state index contributed by atoms with van der Waals surface area (Å²) in [7, 11) is -4.15. The van der Waals surface area contributed by atoms with Crippen molar-refractivity contribution < 1.29 is 18.0 Å². The lowest BCUT2D eigenvalue weighted by atomic mass is 10.0. The maximum Gasteiger partial charge on any atom is 0.264 e. The van der Waals surface area contributed by atoms with Crippen LogP contribution in [0.15, 0.2) is 112 Å². The van der Waals surface area contributed by atoms with Gasteiger partial charge in [-0.15, -0.1) is 0 Å². The van der Waals surface area contributed by atoms with Crippen LogP contribution in [0.1, 0.15) is 36.1 Å². The summed E-state index contributed by atoms with van der Waals surface area (Å²) in [5.41, 5.74) is 4.00. The van der Waals surface area contributed by atoms with Crippen molar-refractivity contribution in [2.24, 2.45) is 5.92 Å². The molecular formula is C36H40BrN3O4S. The van der Waals surface area contributed by atoms with Crippen molar-refractivity contribution in [3.63, 3.8) is 0 Å². The predicted octanol–water partition coefficient (Wildman–Crippen LogP) is 6.67. The number of carbonyl (C=O) groups is 2. The van der Waals surface area contributed by atoms with Gasteiger partial charge in [0.2, 0.25) is 11.8 Å². The van der Waals surface area contributed by atoms with E-state index in [9.17, 15) is 18.0 Å². The number of sulfonamides is 1. The van der Waals surface area contributed by atoms with Gasteiger partial charge < -0.3 is 10.2 Å². The van der Waals surface area contributed by atoms with Crippen molar-refractivity contribution in [2.45, 2.75) is 51.6 Å². The number of benzene rings is 4. The van der Waals surface area contributed by atoms with Crippen molar-refractivity contribution in [3.8, 4) is 0 Å². The van der Waals surface area contributed by atoms with Gasteiger partial charge in [0.05, 0.1) is 10.6 Å². The zero-order chi connectivity index (χ0) is 32.6. The second-order valence-electron chi connectivity index (χ2n) is 11.7. The topological polar surface area (TPSA) is 86.8 Å². The molecule has 1 N–H and O–H groups in total. The van der Waals surface area contributed by atoms with E-state index in [4.69, 9.17) is 0 Å². The average Bonchev–Trinajstić information content (AvgIpc) is 3.01. The van der Waals surface area contributed by atoms with Crippen LogP contribution < -0.4 is 9.62 Å². The van der Waals surface area contributed by atoms with Gasteiger partial charge in [-0.1, -0.05) is 108 Å². The number of rotatable bonds is 13. The minimum Gasteiger partial charge on any atom is -0.354 e. The Kier molecular flexibility index (Phi) is 11.6. The smallest absolute Gasteiger partial charge is 0.264 e. The number of aryl methyl sites for hydroxylation is 2. The van der Waals surface area contributed by atoms with E-state index in [1.165, 1.54) is 4.90 Å². The van der Waals surface area contributed by atoms with Crippen LogP contribution in [0.4, 0.5) is 5.69 Å². The lowest BCUT2D eigenvalue weighted by molar-refractivity contribution is -0.140. The minimum atomic E-state index is -4.15. The molecule has 0 spiro atoms. The van der Waals surface area contributed by atoms with Crippen molar-refractivity contribution >= 4 is 43.5 Å². The zero-order valence-corrected chi connectivity index (χ0v) is 28.5. The molecule has 4 aromatic rings. The molecule has 0 aromatic heterocycles. The van der Waals surface area contributed by atoms with Crippen molar-refractivity contribution in [1.82, 2.24) is 10.2 Å². The van der Waals surface area contributed by atoms with E-state index in [1.807, 2.05) is 82.3 Å². The Morgan fingerprint density at radius 3 is 2.07 bits per heavy atom. The Morgan fingerprint density at radius 1 is 0.800 bits per heavy atom. The first kappa shape index (κ1) is 33.9. The molecule has 0 bridgehead atoms. The predicted molar refractivity (Wildman–Crippen MR) is 183 cm³/mol. The summed E-state index contributed by atoms with van der Waals surface area (Å²) in [5, 5.41) is 3.02. The average molecular weight is 691 g/mol. The summed E-state index contributed by atoms with van der Waals surface area (Å²) >= 11 is 3.42. The van der Waals surface area contributed by atoms with Crippen LogP contribution in [0.5, 0.6) is 0 Å². The van der Waals surface area contributed by atoms with Crippen LogP contribution in [-0.4, -0.2) is 44.3 Å². The highest BCUT2D eigenvalue weighted by Gasteiger charge is 2.34. The first-order valence-corrected chi connectivity index (χ1v) is 17.2. The van der Waals surface area contributed by atoms with E-state index >= 15 is 0 Å². The first-order valence-electron chi connectivity index (χ1n) is 15.0. The number of nitrogens with one attached hydrogen (secondary N) is 1. The number of hydrogen-bond donors (Lipinski definition) is 1. The van der Waals surface area contributed by atoms with E-state index < -0.39 is 28.5 Å². The maximum absolute atomic E-state index is 14.5. The van der Waals surface area contributed by atoms with Crippen LogP contribution in [0.25, 0.3) is 0 Å². The Labute approximate surface area is 275 Å². The van der Waals surface area contributed by atoms with Crippen molar-refractivity contribution in [2.75, 3.05) is 17.4 Å². The second-order valence-corrected chi connectivity index (χ2v) is 14.4. The molecule has 0 fully saturated rings. The molecule has 0 aliphatic carbocycles. The molecule has 45 heavy (non-hydrogen) atoms. The highest BCUT2D eigenvalue weighted by Crippen LogP contribution is 2.27. The maximum atomic E-state index is 14.5. The molecule has 4 rings (SSSR count). The fourth-order valence-electron chi connectivity index (χ4n) is 4.96. The third-order valence-corrected chi connectivity index (χ3v) is 9.71. The normalized spacial score (nSPS) is 12.0. The largest absolute Gasteiger partial charge is 0.354 e. The van der Waals surface area contributed by atoms with Gasteiger partial charge in [-0.2, -0.15) is 0 Å². The molecule has 0 saturated carbocycles. The van der Waals surface area contributed by atoms with Crippen LogP contribution in [0.3, 0.4) is 0 Å². The number of amides is 2. The van der Waals surface area contributed by atoms with Gasteiger partial charge in [0, 0.05) is 24.0 Å². The summed E-state index contributed by atoms with van der Waals surface area (Å²) in [6.07, 6.45) is 0.269. The molecule has 0 radical (unpaired) electrons. The third-order valence-electron chi connectivity index (χ3n) is 7.39. The van der Waals surface area contributed by atoms with Crippen molar-refractivity contribution in [3.05, 3.63) is 130 Å². The van der Waals surface area contributed by atoms with Gasteiger partial charge in [0.15, 0.2) is 0 Å². The number of halogens is 1. The summed E-state index contributed by atoms with van der Waals surface area (Å²) in [5.74, 6) is -0.569. The van der Waals surface area contributed by atoms with E-state index in [1.54, 1.807) is 48.5 Å². The molecule has 1 atom stereocenters. The zero-order valence-electron chi connectivity index (χ0n) is 26.1. The molecule has 0 aliphatic heterocycles. The van der Waals surface area contributed by atoms with Gasteiger partial charge in [0.1, 0.15) is 12.6 Å². The van der Waals surface area contributed by atoms with Crippen LogP contribution in [0, 0.1) is 19.8 Å². The second kappa shape index (κ2) is 15.4. The van der Waals surface area contributed by atoms with Gasteiger partial charge in [-0.3, -0.25) is 13.9 Å². The summed E-state index contributed by atoms with van der Waals surface area (Å²) in [4.78, 5) is 30.0.